The Bertz CT molecular complexity index is 875. The molecule has 3 aliphatic rings. The van der Waals surface area contributed by atoms with Crippen molar-refractivity contribution in [3.05, 3.63) is 106 Å². The van der Waals surface area contributed by atoms with Crippen molar-refractivity contribution >= 4 is 10.2 Å². The summed E-state index contributed by atoms with van der Waals surface area (Å²) >= 11 is 0. The van der Waals surface area contributed by atoms with Crippen LogP contribution in [0.4, 0.5) is 0 Å². The van der Waals surface area contributed by atoms with Gasteiger partial charge >= 0.3 is 0 Å². The molecule has 1 heteroatoms. The maximum Gasteiger partial charge on any atom is 0.0510 e. The molecule has 3 aliphatic carbocycles. The van der Waals surface area contributed by atoms with E-state index in [1.54, 1.807) is 0 Å². The molecule has 0 heterocycles. The molecule has 0 saturated carbocycles. The molecular weight excluding hydrogens is 280 g/mol. The number of aryl methyl sites for hydroxylation is 1. The third-order valence-corrected chi connectivity index (χ3v) is 6.18. The molecule has 0 aliphatic heterocycles. The summed E-state index contributed by atoms with van der Waals surface area (Å²) in [4.78, 5) is 0. The van der Waals surface area contributed by atoms with Gasteiger partial charge in [-0.3, -0.25) is 0 Å². The van der Waals surface area contributed by atoms with Crippen LogP contribution in [0.2, 0.25) is 0 Å². The summed E-state index contributed by atoms with van der Waals surface area (Å²) in [5.74, 6) is 0.363. The first kappa shape index (κ1) is 12.4. The van der Waals surface area contributed by atoms with E-state index in [0.29, 0.717) is 5.92 Å². The lowest BCUT2D eigenvalue weighted by molar-refractivity contribution is 0.699. The maximum atomic E-state index is 4.23. The summed E-state index contributed by atoms with van der Waals surface area (Å²) in [6, 6.07) is 24.5. The molecule has 2 bridgehead atoms. The van der Waals surface area contributed by atoms with E-state index < -0.39 is 0 Å². The van der Waals surface area contributed by atoms with E-state index in [4.69, 9.17) is 0 Å². The van der Waals surface area contributed by atoms with Crippen LogP contribution in [0.1, 0.15) is 44.9 Å². The molecule has 3 aromatic carbocycles. The Hall–Kier alpha value is -2.12. The van der Waals surface area contributed by atoms with Gasteiger partial charge in [-0.05, 0) is 45.9 Å². The second kappa shape index (κ2) is 3.99. The van der Waals surface area contributed by atoms with Crippen LogP contribution in [0.25, 0.3) is 0 Å². The van der Waals surface area contributed by atoms with Crippen LogP contribution in [0, 0.1) is 6.92 Å². The molecule has 0 atom stereocenters. The van der Waals surface area contributed by atoms with Crippen molar-refractivity contribution in [2.24, 2.45) is 0 Å². The zero-order valence-corrected chi connectivity index (χ0v) is 13.4. The first-order valence-electron chi connectivity index (χ1n) is 7.76. The smallest absolute Gasteiger partial charge is 0.0510 e. The molecule has 0 N–H and O–H groups in total. The van der Waals surface area contributed by atoms with Crippen LogP contribution >= 0.6 is 0 Å². The lowest BCUT2D eigenvalue weighted by atomic mass is 9.59. The van der Waals surface area contributed by atoms with E-state index in [1.807, 2.05) is 0 Å². The molecule has 0 unspecified atom stereocenters. The molecule has 3 aromatic rings. The van der Waals surface area contributed by atoms with Gasteiger partial charge in [0.25, 0.3) is 0 Å². The molecule has 3 radical (unpaired) electrons. The van der Waals surface area contributed by atoms with Gasteiger partial charge in [0.05, 0.1) is 10.2 Å². The third kappa shape index (κ3) is 1.25. The predicted molar refractivity (Wildman–Crippen MR) is 90.6 cm³/mol. The first-order chi connectivity index (χ1) is 10.7. The van der Waals surface area contributed by atoms with E-state index in [2.05, 4.69) is 83.9 Å². The van der Waals surface area contributed by atoms with Crippen LogP contribution in [-0.4, -0.2) is 10.2 Å². The Labute approximate surface area is 134 Å². The van der Waals surface area contributed by atoms with Gasteiger partial charge in [-0.2, -0.15) is 0 Å². The monoisotopic (exact) mass is 295 g/mol. The predicted octanol–water partition coefficient (Wildman–Crippen LogP) is 4.26. The van der Waals surface area contributed by atoms with Crippen molar-refractivity contribution in [1.29, 1.82) is 0 Å². The molecule has 0 amide bonds. The standard InChI is InChI=1S/C21H15Si/c1-13-7-6-12-18-19(13)20-14-8-2-4-10-16(14)21(18,22)17-11-5-3-9-15(17)20/h2-12,20H,1H3. The van der Waals surface area contributed by atoms with Gasteiger partial charge < -0.3 is 0 Å². The fourth-order valence-electron chi connectivity index (χ4n) is 4.49. The minimum atomic E-state index is -0.219. The van der Waals surface area contributed by atoms with Gasteiger partial charge in [0.2, 0.25) is 0 Å². The highest BCUT2D eigenvalue weighted by atomic mass is 28.1. The van der Waals surface area contributed by atoms with E-state index >= 15 is 0 Å². The summed E-state index contributed by atoms with van der Waals surface area (Å²) in [7, 11) is 4.23. The Kier molecular flexibility index (Phi) is 2.25. The molecule has 22 heavy (non-hydrogen) atoms. The largest absolute Gasteiger partial charge is 0.0619 e. The average Bonchev–Trinajstić information content (AvgIpc) is 2.56. The SMILES string of the molecule is Cc1cccc2c1C1c3ccccc3C2([Si])c2ccccc21. The normalized spacial score (nSPS) is 23.6. The summed E-state index contributed by atoms with van der Waals surface area (Å²) in [6.07, 6.45) is 0. The van der Waals surface area contributed by atoms with Crippen LogP contribution in [0.15, 0.2) is 66.7 Å². The number of hydrogen-bond acceptors (Lipinski definition) is 0. The van der Waals surface area contributed by atoms with E-state index in [0.717, 1.165) is 0 Å². The lowest BCUT2D eigenvalue weighted by Crippen LogP contribution is -2.42. The van der Waals surface area contributed by atoms with Gasteiger partial charge in [0, 0.05) is 11.0 Å². The highest BCUT2D eigenvalue weighted by Gasteiger charge is 2.48. The Morgan fingerprint density at radius 1 is 0.727 bits per heavy atom. The van der Waals surface area contributed by atoms with Crippen molar-refractivity contribution in [3.63, 3.8) is 0 Å². The molecule has 0 fully saturated rings. The van der Waals surface area contributed by atoms with Gasteiger partial charge in [0.1, 0.15) is 0 Å². The van der Waals surface area contributed by atoms with Crippen molar-refractivity contribution in [2.75, 3.05) is 0 Å². The van der Waals surface area contributed by atoms with Crippen LogP contribution in [0.5, 0.6) is 0 Å². The summed E-state index contributed by atoms with van der Waals surface area (Å²) in [5.41, 5.74) is 9.95. The topological polar surface area (TPSA) is 0 Å². The van der Waals surface area contributed by atoms with Crippen molar-refractivity contribution < 1.29 is 0 Å². The fourth-order valence-corrected chi connectivity index (χ4v) is 5.16. The summed E-state index contributed by atoms with van der Waals surface area (Å²) < 4.78 is 0. The quantitative estimate of drug-likeness (QED) is 0.544. The number of hydrogen-bond donors (Lipinski definition) is 0. The van der Waals surface area contributed by atoms with Crippen LogP contribution in [-0.2, 0) is 5.04 Å². The fraction of sp³-hybridized carbons (Fsp3) is 0.143. The van der Waals surface area contributed by atoms with Crippen molar-refractivity contribution in [1.82, 2.24) is 0 Å². The molecule has 0 saturated heterocycles. The highest BCUT2D eigenvalue weighted by molar-refractivity contribution is 6.22. The second-order valence-corrected chi connectivity index (χ2v) is 7.14. The Morgan fingerprint density at radius 3 is 1.91 bits per heavy atom. The zero-order valence-electron chi connectivity index (χ0n) is 12.4. The molecule has 6 rings (SSSR count). The van der Waals surface area contributed by atoms with Gasteiger partial charge in [0.15, 0.2) is 0 Å². The van der Waals surface area contributed by atoms with Crippen LogP contribution < -0.4 is 0 Å². The van der Waals surface area contributed by atoms with Gasteiger partial charge in [-0.25, -0.2) is 0 Å². The first-order valence-corrected chi connectivity index (χ1v) is 8.26. The molecule has 0 aromatic heterocycles. The molecular formula is C21H15Si. The van der Waals surface area contributed by atoms with Gasteiger partial charge in [-0.1, -0.05) is 66.7 Å². The maximum absolute atomic E-state index is 4.23. The highest BCUT2D eigenvalue weighted by Crippen LogP contribution is 2.57. The average molecular weight is 295 g/mol. The van der Waals surface area contributed by atoms with Crippen molar-refractivity contribution in [2.45, 2.75) is 17.9 Å². The van der Waals surface area contributed by atoms with E-state index in [1.165, 1.54) is 38.9 Å². The molecule has 0 nitrogen and oxygen atoms in total. The van der Waals surface area contributed by atoms with Crippen molar-refractivity contribution in [3.8, 4) is 0 Å². The second-order valence-electron chi connectivity index (χ2n) is 6.39. The Morgan fingerprint density at radius 2 is 1.27 bits per heavy atom. The summed E-state index contributed by atoms with van der Waals surface area (Å²) in [6.45, 7) is 2.24. The third-order valence-electron chi connectivity index (χ3n) is 5.37. The van der Waals surface area contributed by atoms with E-state index in [9.17, 15) is 0 Å². The van der Waals surface area contributed by atoms with E-state index in [-0.39, 0.29) is 5.04 Å². The minimum absolute atomic E-state index is 0.219. The number of rotatable bonds is 0. The minimum Gasteiger partial charge on any atom is -0.0619 e. The zero-order chi connectivity index (χ0) is 14.9. The Balaban J connectivity index is 2.01. The lowest BCUT2D eigenvalue weighted by Gasteiger charge is -2.49. The van der Waals surface area contributed by atoms with Crippen LogP contribution in [0.3, 0.4) is 0 Å². The molecule has 0 spiro atoms. The summed E-state index contributed by atoms with van der Waals surface area (Å²) in [5, 5.41) is -0.219. The molecule has 103 valence electrons. The number of benzene rings is 3. The van der Waals surface area contributed by atoms with Gasteiger partial charge in [-0.15, -0.1) is 0 Å².